The maximum atomic E-state index is 12.3. The minimum atomic E-state index is 0.0477. The van der Waals surface area contributed by atoms with E-state index >= 15 is 0 Å². The van der Waals surface area contributed by atoms with Crippen molar-refractivity contribution in [2.75, 3.05) is 6.61 Å². The predicted octanol–water partition coefficient (Wildman–Crippen LogP) is 8.86. The minimum Gasteiger partial charge on any atom is -0.466 e. The van der Waals surface area contributed by atoms with E-state index in [9.17, 15) is 4.79 Å². The summed E-state index contributed by atoms with van der Waals surface area (Å²) in [5.74, 6) is 1.33. The Morgan fingerprint density at radius 1 is 0.643 bits per heavy atom. The van der Waals surface area contributed by atoms with Gasteiger partial charge in [0.1, 0.15) is 0 Å². The Kier molecular flexibility index (Phi) is 20.8. The van der Waals surface area contributed by atoms with Gasteiger partial charge in [-0.15, -0.1) is 0 Å². The molecule has 2 heteroatoms. The van der Waals surface area contributed by atoms with E-state index in [0.29, 0.717) is 18.9 Å². The van der Waals surface area contributed by atoms with Crippen LogP contribution in [0.25, 0.3) is 0 Å². The van der Waals surface area contributed by atoms with E-state index in [0.717, 1.165) is 12.3 Å². The van der Waals surface area contributed by atoms with Gasteiger partial charge in [0.05, 0.1) is 6.61 Å². The first kappa shape index (κ1) is 27.5. The van der Waals surface area contributed by atoms with Gasteiger partial charge in [0, 0.05) is 6.42 Å². The van der Waals surface area contributed by atoms with Crippen molar-refractivity contribution in [3.05, 3.63) is 0 Å². The van der Waals surface area contributed by atoms with Crippen molar-refractivity contribution >= 4 is 5.97 Å². The average Bonchev–Trinajstić information content (AvgIpc) is 2.66. The van der Waals surface area contributed by atoms with E-state index in [1.54, 1.807) is 0 Å². The number of hydrogen-bond acceptors (Lipinski definition) is 2. The quantitative estimate of drug-likeness (QED) is 0.143. The van der Waals surface area contributed by atoms with Crippen molar-refractivity contribution in [1.82, 2.24) is 0 Å². The summed E-state index contributed by atoms with van der Waals surface area (Å²) in [7, 11) is 0. The Balaban J connectivity index is 4.02. The molecule has 28 heavy (non-hydrogen) atoms. The molecule has 0 bridgehead atoms. The number of unbranched alkanes of at least 4 members (excludes halogenated alkanes) is 11. The Bertz CT molecular complexity index is 308. The summed E-state index contributed by atoms with van der Waals surface area (Å²) >= 11 is 0. The van der Waals surface area contributed by atoms with Gasteiger partial charge < -0.3 is 4.74 Å². The lowest BCUT2D eigenvalue weighted by Gasteiger charge is -2.16. The van der Waals surface area contributed by atoms with Crippen LogP contribution in [0.5, 0.6) is 0 Å². The third-order valence-electron chi connectivity index (χ3n) is 5.83. The van der Waals surface area contributed by atoms with Gasteiger partial charge in [-0.25, -0.2) is 0 Å². The Morgan fingerprint density at radius 3 is 1.61 bits per heavy atom. The summed E-state index contributed by atoms with van der Waals surface area (Å²) in [6.07, 6.45) is 22.5. The van der Waals surface area contributed by atoms with Crippen molar-refractivity contribution in [3.63, 3.8) is 0 Å². The summed E-state index contributed by atoms with van der Waals surface area (Å²) in [4.78, 5) is 12.3. The first-order chi connectivity index (χ1) is 13.6. The molecule has 0 N–H and O–H groups in total. The van der Waals surface area contributed by atoms with Crippen LogP contribution in [0.2, 0.25) is 0 Å². The highest BCUT2D eigenvalue weighted by Crippen LogP contribution is 2.23. The summed E-state index contributed by atoms with van der Waals surface area (Å²) < 4.78 is 5.53. The van der Waals surface area contributed by atoms with Crippen LogP contribution >= 0.6 is 0 Å². The number of carbonyl (C=O) groups excluding carboxylic acids is 1. The molecule has 0 heterocycles. The summed E-state index contributed by atoms with van der Waals surface area (Å²) in [5.41, 5.74) is 0. The van der Waals surface area contributed by atoms with Crippen molar-refractivity contribution in [2.24, 2.45) is 11.8 Å². The zero-order valence-electron chi connectivity index (χ0n) is 19.9. The van der Waals surface area contributed by atoms with Crippen LogP contribution in [-0.4, -0.2) is 12.6 Å². The maximum Gasteiger partial charge on any atom is 0.306 e. The molecule has 0 radical (unpaired) electrons. The van der Waals surface area contributed by atoms with E-state index in [-0.39, 0.29) is 5.97 Å². The van der Waals surface area contributed by atoms with Crippen LogP contribution in [0, 0.1) is 11.8 Å². The molecule has 0 rings (SSSR count). The van der Waals surface area contributed by atoms with Gasteiger partial charge >= 0.3 is 5.97 Å². The second-order valence-electron chi connectivity index (χ2n) is 9.29. The smallest absolute Gasteiger partial charge is 0.306 e. The molecule has 0 unspecified atom stereocenters. The molecule has 0 aromatic heterocycles. The molecule has 0 aliphatic rings. The monoisotopic (exact) mass is 396 g/mol. The van der Waals surface area contributed by atoms with Gasteiger partial charge in [-0.3, -0.25) is 4.79 Å². The zero-order valence-corrected chi connectivity index (χ0v) is 19.9. The second-order valence-corrected chi connectivity index (χ2v) is 9.29. The van der Waals surface area contributed by atoms with Gasteiger partial charge in [0.25, 0.3) is 0 Å². The molecular formula is C26H52O2. The SMILES string of the molecule is CCCCCCCCC(CCCCCCCC)CC(=O)OCCCCC(C)C. The zero-order chi connectivity index (χ0) is 20.9. The lowest BCUT2D eigenvalue weighted by molar-refractivity contribution is -0.145. The Hall–Kier alpha value is -0.530. The van der Waals surface area contributed by atoms with Crippen molar-refractivity contribution in [2.45, 2.75) is 143 Å². The molecule has 0 aromatic rings. The van der Waals surface area contributed by atoms with Crippen LogP contribution in [-0.2, 0) is 9.53 Å². The highest BCUT2D eigenvalue weighted by atomic mass is 16.5. The standard InChI is InChI=1S/C26H52O2/c1-5-7-9-11-13-15-20-25(21-16-14-12-10-8-6-2)23-26(27)28-22-18-17-19-24(3)4/h24-25H,5-23H2,1-4H3. The fourth-order valence-corrected chi connectivity index (χ4v) is 3.91. The Morgan fingerprint density at radius 2 is 1.11 bits per heavy atom. The number of carbonyl (C=O) groups is 1. The van der Waals surface area contributed by atoms with Crippen molar-refractivity contribution < 1.29 is 9.53 Å². The van der Waals surface area contributed by atoms with Gasteiger partial charge in [0.15, 0.2) is 0 Å². The van der Waals surface area contributed by atoms with E-state index in [1.807, 2.05) is 0 Å². The summed E-state index contributed by atoms with van der Waals surface area (Å²) in [5, 5.41) is 0. The largest absolute Gasteiger partial charge is 0.466 e. The number of esters is 1. The lowest BCUT2D eigenvalue weighted by atomic mass is 9.91. The molecule has 0 saturated heterocycles. The van der Waals surface area contributed by atoms with E-state index in [1.165, 1.54) is 103 Å². The van der Waals surface area contributed by atoms with Gasteiger partial charge in [-0.05, 0) is 37.5 Å². The number of rotatable bonds is 21. The molecular weight excluding hydrogens is 344 g/mol. The normalized spacial score (nSPS) is 11.5. The molecule has 0 aliphatic heterocycles. The van der Waals surface area contributed by atoms with E-state index < -0.39 is 0 Å². The molecule has 0 aromatic carbocycles. The molecule has 2 nitrogen and oxygen atoms in total. The fourth-order valence-electron chi connectivity index (χ4n) is 3.91. The third kappa shape index (κ3) is 20.2. The van der Waals surface area contributed by atoms with Gasteiger partial charge in [-0.2, -0.15) is 0 Å². The molecule has 0 aliphatic carbocycles. The van der Waals surface area contributed by atoms with Gasteiger partial charge in [-0.1, -0.05) is 111 Å². The molecule has 0 spiro atoms. The van der Waals surface area contributed by atoms with E-state index in [4.69, 9.17) is 4.74 Å². The fraction of sp³-hybridized carbons (Fsp3) is 0.962. The van der Waals surface area contributed by atoms with Crippen LogP contribution in [0.1, 0.15) is 143 Å². The summed E-state index contributed by atoms with van der Waals surface area (Å²) in [6, 6.07) is 0. The van der Waals surface area contributed by atoms with Crippen LogP contribution < -0.4 is 0 Å². The second kappa shape index (κ2) is 21.2. The third-order valence-corrected chi connectivity index (χ3v) is 5.83. The van der Waals surface area contributed by atoms with Crippen LogP contribution in [0.15, 0.2) is 0 Å². The van der Waals surface area contributed by atoms with Crippen molar-refractivity contribution in [3.8, 4) is 0 Å². The van der Waals surface area contributed by atoms with Gasteiger partial charge in [0.2, 0.25) is 0 Å². The molecule has 168 valence electrons. The maximum absolute atomic E-state index is 12.3. The first-order valence-electron chi connectivity index (χ1n) is 12.8. The number of ether oxygens (including phenoxy) is 1. The molecule has 0 saturated carbocycles. The van der Waals surface area contributed by atoms with Crippen LogP contribution in [0.3, 0.4) is 0 Å². The topological polar surface area (TPSA) is 26.3 Å². The molecule has 0 amide bonds. The predicted molar refractivity (Wildman–Crippen MR) is 124 cm³/mol. The van der Waals surface area contributed by atoms with E-state index in [2.05, 4.69) is 27.7 Å². The average molecular weight is 397 g/mol. The Labute approximate surface area is 177 Å². The highest BCUT2D eigenvalue weighted by molar-refractivity contribution is 5.69. The van der Waals surface area contributed by atoms with Crippen molar-refractivity contribution in [1.29, 1.82) is 0 Å². The minimum absolute atomic E-state index is 0.0477. The number of hydrogen-bond donors (Lipinski definition) is 0. The van der Waals surface area contributed by atoms with Crippen LogP contribution in [0.4, 0.5) is 0 Å². The first-order valence-corrected chi connectivity index (χ1v) is 12.8. The molecule has 0 fully saturated rings. The highest BCUT2D eigenvalue weighted by Gasteiger charge is 2.15. The summed E-state index contributed by atoms with van der Waals surface area (Å²) in [6.45, 7) is 9.66. The molecule has 0 atom stereocenters. The lowest BCUT2D eigenvalue weighted by Crippen LogP contribution is -2.13.